The minimum Gasteiger partial charge on any atom is -0.497 e. The van der Waals surface area contributed by atoms with Gasteiger partial charge in [0.2, 0.25) is 0 Å². The number of ether oxygens (including phenoxy) is 6. The van der Waals surface area contributed by atoms with Gasteiger partial charge in [-0.15, -0.1) is 0 Å². The maximum absolute atomic E-state index is 13.8. The van der Waals surface area contributed by atoms with Crippen LogP contribution in [0.1, 0.15) is 31.1 Å². The van der Waals surface area contributed by atoms with E-state index in [1.54, 1.807) is 72.8 Å². The largest absolute Gasteiger partial charge is 0.497 e. The summed E-state index contributed by atoms with van der Waals surface area (Å²) in [6.07, 6.45) is 0. The van der Waals surface area contributed by atoms with Crippen LogP contribution in [-0.4, -0.2) is 53.4 Å². The van der Waals surface area contributed by atoms with E-state index in [4.69, 9.17) is 42.9 Å². The van der Waals surface area contributed by atoms with E-state index >= 15 is 0 Å². The molecule has 318 valence electrons. The Morgan fingerprint density at radius 1 is 0.302 bits per heavy atom. The molecule has 0 radical (unpaired) electrons. The minimum absolute atomic E-state index is 0.0900. The highest BCUT2D eigenvalue weighted by molar-refractivity contribution is 5.92. The van der Waals surface area contributed by atoms with Crippen molar-refractivity contribution in [2.45, 2.75) is 0 Å². The van der Waals surface area contributed by atoms with Gasteiger partial charge in [0, 0.05) is 0 Å². The fraction of sp³-hybridized carbons (Fsp3) is 0.0667. The molecule has 0 fully saturated rings. The van der Waals surface area contributed by atoms with Gasteiger partial charge < -0.3 is 42.9 Å². The summed E-state index contributed by atoms with van der Waals surface area (Å²) in [5, 5.41) is 0. The van der Waals surface area contributed by atoms with E-state index in [9.17, 15) is 28.8 Å². The molecule has 0 saturated heterocycles. The van der Waals surface area contributed by atoms with Gasteiger partial charge in [-0.1, -0.05) is 14.2 Å². The molecule has 7 rings (SSSR count). The molecule has 63 heavy (non-hydrogen) atoms. The number of hydrogen-bond acceptors (Lipinski definition) is 15. The van der Waals surface area contributed by atoms with Crippen LogP contribution in [-0.2, 0) is 0 Å². The number of methoxy groups -OCH3 is 3. The van der Waals surface area contributed by atoms with Crippen molar-refractivity contribution in [3.8, 4) is 51.7 Å². The van der Waals surface area contributed by atoms with Crippen molar-refractivity contribution in [3.63, 3.8) is 0 Å². The Kier molecular flexibility index (Phi) is 12.6. The monoisotopic (exact) mass is 855 g/mol. The molecule has 0 amide bonds. The van der Waals surface area contributed by atoms with E-state index < -0.39 is 35.0 Å². The van der Waals surface area contributed by atoms with Crippen molar-refractivity contribution in [3.05, 3.63) is 194 Å². The van der Waals surface area contributed by atoms with E-state index in [0.29, 0.717) is 17.2 Å². The Bertz CT molecular complexity index is 2570. The number of rotatable bonds is 15. The lowest BCUT2D eigenvalue weighted by Crippen LogP contribution is -2.58. The minimum atomic E-state index is -1.41. The van der Waals surface area contributed by atoms with E-state index in [-0.39, 0.29) is 65.4 Å². The topological polar surface area (TPSA) is 200 Å². The number of aromatic nitrogens is 3. The Hall–Kier alpha value is -9.06. The second kappa shape index (κ2) is 18.9. The lowest BCUT2D eigenvalue weighted by atomic mass is 10.2. The van der Waals surface area contributed by atoms with Gasteiger partial charge in [-0.2, -0.15) is 0 Å². The second-order valence-corrected chi connectivity index (χ2v) is 12.8. The molecule has 0 aliphatic rings. The number of hydrogen-bond donors (Lipinski definition) is 0. The number of esters is 3. The fourth-order valence-electron chi connectivity index (χ4n) is 5.43. The second-order valence-electron chi connectivity index (χ2n) is 12.8. The van der Waals surface area contributed by atoms with Gasteiger partial charge in [-0.3, -0.25) is 0 Å². The van der Waals surface area contributed by atoms with Crippen LogP contribution in [0.5, 0.6) is 51.7 Å². The van der Waals surface area contributed by atoms with Gasteiger partial charge in [0.05, 0.1) is 38.0 Å². The maximum atomic E-state index is 13.8. The zero-order valence-electron chi connectivity index (χ0n) is 33.3. The number of carbonyl (C=O) groups is 3. The fourth-order valence-corrected chi connectivity index (χ4v) is 5.43. The van der Waals surface area contributed by atoms with Crippen molar-refractivity contribution in [1.82, 2.24) is 14.2 Å². The van der Waals surface area contributed by atoms with Crippen molar-refractivity contribution >= 4 is 17.9 Å². The first-order chi connectivity index (χ1) is 30.5. The number of nitrogens with zero attached hydrogens (tertiary/aromatic N) is 3. The van der Waals surface area contributed by atoms with Crippen molar-refractivity contribution in [2.75, 3.05) is 21.3 Å². The molecule has 18 heteroatoms. The summed E-state index contributed by atoms with van der Waals surface area (Å²) in [5.74, 6) is -0.111. The first kappa shape index (κ1) is 42.1. The number of benzene rings is 6. The SMILES string of the molecule is COc1ccc(OC(=O)c2ccc(On3c(=O)n(Oc4ccc(C(=O)Oc5ccc(OC)cc5)cc4)c(=O)n(Oc4ccc(C(=O)Oc5ccc(OC)cc5)cc4)c3=O)cc2)cc1. The van der Waals surface area contributed by atoms with E-state index in [1.165, 1.54) is 94.1 Å². The van der Waals surface area contributed by atoms with Crippen LogP contribution in [0.3, 0.4) is 0 Å². The molecular formula is C45H33N3O15. The highest BCUT2D eigenvalue weighted by Gasteiger charge is 2.22. The lowest BCUT2D eigenvalue weighted by Gasteiger charge is -2.14. The molecule has 0 aliphatic heterocycles. The van der Waals surface area contributed by atoms with Crippen LogP contribution in [0.4, 0.5) is 0 Å². The normalized spacial score (nSPS) is 10.5. The van der Waals surface area contributed by atoms with Gasteiger partial charge in [-0.05, 0) is 146 Å². The van der Waals surface area contributed by atoms with Crippen molar-refractivity contribution in [2.24, 2.45) is 0 Å². The molecule has 6 aromatic carbocycles. The molecule has 18 nitrogen and oxygen atoms in total. The van der Waals surface area contributed by atoms with Gasteiger partial charge >= 0.3 is 35.0 Å². The standard InChI is InChI=1S/C45H33N3O15/c1-55-31-16-22-34(23-17-31)58-40(49)28-4-10-37(11-5-28)61-46-43(52)47(62-38-12-6-29(7-13-38)41(50)59-35-24-18-32(56-2)19-25-35)45(54)48(44(46)53)63-39-14-8-30(9-15-39)42(51)60-36-26-20-33(57-3)21-27-36/h4-27H,1-3H3. The summed E-state index contributed by atoms with van der Waals surface area (Å²) >= 11 is 0. The molecule has 0 unspecified atom stereocenters. The van der Waals surface area contributed by atoms with E-state index in [2.05, 4.69) is 0 Å². The first-order valence-electron chi connectivity index (χ1n) is 18.5. The third-order valence-electron chi connectivity index (χ3n) is 8.71. The molecule has 7 aromatic rings. The Labute approximate surface area is 355 Å². The van der Waals surface area contributed by atoms with Gasteiger partial charge in [0.15, 0.2) is 17.2 Å². The van der Waals surface area contributed by atoms with E-state index in [0.717, 1.165) is 0 Å². The third-order valence-corrected chi connectivity index (χ3v) is 8.71. The lowest BCUT2D eigenvalue weighted by molar-refractivity contribution is 0.0655. The summed E-state index contributed by atoms with van der Waals surface area (Å²) in [6.45, 7) is 0. The average Bonchev–Trinajstić information content (AvgIpc) is 3.32. The van der Waals surface area contributed by atoms with Crippen molar-refractivity contribution < 1.29 is 57.3 Å². The summed E-state index contributed by atoms with van der Waals surface area (Å²) in [6, 6.07) is 34.5. The molecule has 1 heterocycles. The summed E-state index contributed by atoms with van der Waals surface area (Å²) < 4.78 is 32.0. The predicted molar refractivity (Wildman–Crippen MR) is 220 cm³/mol. The summed E-state index contributed by atoms with van der Waals surface area (Å²) in [5.41, 5.74) is -3.96. The molecule has 0 N–H and O–H groups in total. The maximum Gasteiger partial charge on any atom is 0.404 e. The molecule has 0 aliphatic carbocycles. The Morgan fingerprint density at radius 3 is 0.698 bits per heavy atom. The van der Waals surface area contributed by atoms with Gasteiger partial charge in [0.25, 0.3) is 0 Å². The highest BCUT2D eigenvalue weighted by Crippen LogP contribution is 2.22. The Morgan fingerprint density at radius 2 is 0.492 bits per heavy atom. The molecular weight excluding hydrogens is 823 g/mol. The summed E-state index contributed by atoms with van der Waals surface area (Å²) in [4.78, 5) is 96.6. The molecule has 1 aromatic heterocycles. The van der Waals surface area contributed by atoms with Crippen molar-refractivity contribution in [1.29, 1.82) is 0 Å². The van der Waals surface area contributed by atoms with Crippen LogP contribution >= 0.6 is 0 Å². The smallest absolute Gasteiger partial charge is 0.404 e. The van der Waals surface area contributed by atoms with E-state index in [1.807, 2.05) is 0 Å². The zero-order valence-corrected chi connectivity index (χ0v) is 33.3. The molecule has 0 atom stereocenters. The predicted octanol–water partition coefficient (Wildman–Crippen LogP) is 5.38. The summed E-state index contributed by atoms with van der Waals surface area (Å²) in [7, 11) is 4.50. The third kappa shape index (κ3) is 10.0. The average molecular weight is 856 g/mol. The van der Waals surface area contributed by atoms with Crippen LogP contribution in [0.15, 0.2) is 160 Å². The molecule has 0 bridgehead atoms. The van der Waals surface area contributed by atoms with Gasteiger partial charge in [-0.25, -0.2) is 28.8 Å². The first-order valence-corrected chi connectivity index (χ1v) is 18.5. The zero-order chi connectivity index (χ0) is 44.5. The van der Waals surface area contributed by atoms with Crippen LogP contribution < -0.4 is 60.0 Å². The quantitative estimate of drug-likeness (QED) is 0.0939. The molecule has 0 spiro atoms. The Balaban J connectivity index is 1.14. The van der Waals surface area contributed by atoms with Crippen LogP contribution in [0.25, 0.3) is 0 Å². The van der Waals surface area contributed by atoms with Gasteiger partial charge in [0.1, 0.15) is 34.5 Å². The molecule has 0 saturated carbocycles. The highest BCUT2D eigenvalue weighted by atomic mass is 16.7. The number of carbonyl (C=O) groups excluding carboxylic acids is 3. The van der Waals surface area contributed by atoms with Crippen LogP contribution in [0, 0.1) is 0 Å². The van der Waals surface area contributed by atoms with Crippen LogP contribution in [0.2, 0.25) is 0 Å².